The van der Waals surface area contributed by atoms with Gasteiger partial charge in [0.1, 0.15) is 0 Å². The number of halogens is 2. The second-order valence-electron chi connectivity index (χ2n) is 5.82. The average Bonchev–Trinajstić information content (AvgIpc) is 2.47. The lowest BCUT2D eigenvalue weighted by atomic mass is 10.0. The summed E-state index contributed by atoms with van der Waals surface area (Å²) >= 11 is 5.70. The highest BCUT2D eigenvalue weighted by Crippen LogP contribution is 2.21. The van der Waals surface area contributed by atoms with E-state index in [4.69, 9.17) is 0 Å². The van der Waals surface area contributed by atoms with Gasteiger partial charge >= 0.3 is 0 Å². The van der Waals surface area contributed by atoms with Gasteiger partial charge in [0.2, 0.25) is 0 Å². The number of piperidine rings is 1. The molecular weight excluding hydrogens is 443 g/mol. The van der Waals surface area contributed by atoms with Gasteiger partial charge in [-0.1, -0.05) is 22.4 Å². The van der Waals surface area contributed by atoms with Crippen molar-refractivity contribution in [3.8, 4) is 0 Å². The summed E-state index contributed by atoms with van der Waals surface area (Å²) in [6.07, 6.45) is 3.66. The van der Waals surface area contributed by atoms with Crippen molar-refractivity contribution in [1.29, 1.82) is 0 Å². The van der Waals surface area contributed by atoms with E-state index in [0.717, 1.165) is 33.1 Å². The minimum Gasteiger partial charge on any atom is -0.335 e. The molecule has 1 aliphatic rings. The third-order valence-electron chi connectivity index (χ3n) is 3.87. The molecule has 0 radical (unpaired) electrons. The Morgan fingerprint density at radius 3 is 2.86 bits per heavy atom. The molecule has 0 spiro atoms. The third-order valence-corrected chi connectivity index (χ3v) is 5.31. The maximum Gasteiger partial charge on any atom is 0.255 e. The lowest BCUT2D eigenvalue weighted by molar-refractivity contribution is 0.0675. The summed E-state index contributed by atoms with van der Waals surface area (Å²) in [6.45, 7) is 6.04. The second-order valence-corrected chi connectivity index (χ2v) is 7.90. The number of hydrogen-bond acceptors (Lipinski definition) is 2. The monoisotopic (exact) mass is 464 g/mol. The molecule has 1 aromatic carbocycles. The smallest absolute Gasteiger partial charge is 0.255 e. The summed E-state index contributed by atoms with van der Waals surface area (Å²) in [4.78, 5) is 14.9. The molecule has 21 heavy (non-hydrogen) atoms. The van der Waals surface area contributed by atoms with E-state index in [9.17, 15) is 4.79 Å². The molecule has 1 amide bonds. The Morgan fingerprint density at radius 2 is 2.24 bits per heavy atom. The number of carbonyl (C=O) groups is 1. The van der Waals surface area contributed by atoms with Gasteiger partial charge in [-0.05, 0) is 74.0 Å². The maximum absolute atomic E-state index is 12.9. The van der Waals surface area contributed by atoms with Crippen LogP contribution in [0.3, 0.4) is 0 Å². The quantitative estimate of drug-likeness (QED) is 0.682. The molecule has 1 aliphatic heterocycles. The summed E-state index contributed by atoms with van der Waals surface area (Å²) in [5.74, 6) is 0.128. The minimum absolute atomic E-state index is 0.128. The summed E-state index contributed by atoms with van der Waals surface area (Å²) in [5, 5.41) is 3.53. The maximum atomic E-state index is 12.9. The normalized spacial score (nSPS) is 18.8. The molecule has 1 fully saturated rings. The molecule has 1 N–H and O–H groups in total. The van der Waals surface area contributed by atoms with Crippen LogP contribution >= 0.6 is 38.5 Å². The lowest BCUT2D eigenvalue weighted by Gasteiger charge is -2.33. The van der Waals surface area contributed by atoms with E-state index in [-0.39, 0.29) is 11.9 Å². The van der Waals surface area contributed by atoms with Crippen molar-refractivity contribution >= 4 is 44.4 Å². The Kier molecular flexibility index (Phi) is 6.50. The van der Waals surface area contributed by atoms with E-state index in [1.807, 2.05) is 23.1 Å². The van der Waals surface area contributed by atoms with Crippen LogP contribution in [-0.2, 0) is 0 Å². The first-order valence-corrected chi connectivity index (χ1v) is 9.35. The Hall–Kier alpha value is -0.140. The fourth-order valence-electron chi connectivity index (χ4n) is 2.66. The van der Waals surface area contributed by atoms with Crippen LogP contribution in [0.5, 0.6) is 0 Å². The molecule has 3 nitrogen and oxygen atoms in total. The number of rotatable bonds is 4. The molecule has 0 saturated carbocycles. The van der Waals surface area contributed by atoms with E-state index in [0.29, 0.717) is 6.04 Å². The molecule has 1 atom stereocenters. The summed E-state index contributed by atoms with van der Waals surface area (Å²) in [6, 6.07) is 6.51. The Bertz CT molecular complexity index is 501. The fourth-order valence-corrected chi connectivity index (χ4v) is 3.59. The van der Waals surface area contributed by atoms with Crippen molar-refractivity contribution < 1.29 is 4.79 Å². The van der Waals surface area contributed by atoms with E-state index in [2.05, 4.69) is 57.7 Å². The zero-order valence-corrected chi connectivity index (χ0v) is 16.3. The van der Waals surface area contributed by atoms with Crippen LogP contribution in [0.4, 0.5) is 0 Å². The van der Waals surface area contributed by atoms with Crippen molar-refractivity contribution in [2.75, 3.05) is 13.1 Å². The van der Waals surface area contributed by atoms with Crippen LogP contribution in [0.1, 0.15) is 43.5 Å². The largest absolute Gasteiger partial charge is 0.335 e. The van der Waals surface area contributed by atoms with Gasteiger partial charge in [0.15, 0.2) is 0 Å². The van der Waals surface area contributed by atoms with Crippen LogP contribution in [0.2, 0.25) is 0 Å². The SMILES string of the molecule is CC(C)N(CC1CCCCN1)C(=O)c1cc(Br)ccc1I. The molecular formula is C16H22BrIN2O. The number of benzene rings is 1. The van der Waals surface area contributed by atoms with Gasteiger partial charge in [0.25, 0.3) is 5.91 Å². The van der Waals surface area contributed by atoms with Crippen molar-refractivity contribution in [1.82, 2.24) is 10.2 Å². The number of nitrogens with one attached hydrogen (secondary N) is 1. The van der Waals surface area contributed by atoms with E-state index in [1.165, 1.54) is 12.8 Å². The molecule has 0 aliphatic carbocycles. The predicted molar refractivity (Wildman–Crippen MR) is 98.7 cm³/mol. The average molecular weight is 465 g/mol. The van der Waals surface area contributed by atoms with E-state index < -0.39 is 0 Å². The molecule has 2 rings (SSSR count). The number of amides is 1. The van der Waals surface area contributed by atoms with Gasteiger partial charge in [0, 0.05) is 26.7 Å². The van der Waals surface area contributed by atoms with Gasteiger partial charge in [-0.2, -0.15) is 0 Å². The number of carbonyl (C=O) groups excluding carboxylic acids is 1. The highest BCUT2D eigenvalue weighted by Gasteiger charge is 2.25. The minimum atomic E-state index is 0.128. The Labute approximate surface area is 149 Å². The molecule has 1 unspecified atom stereocenters. The van der Waals surface area contributed by atoms with E-state index in [1.54, 1.807) is 0 Å². The van der Waals surface area contributed by atoms with Crippen LogP contribution < -0.4 is 5.32 Å². The van der Waals surface area contributed by atoms with Gasteiger partial charge in [-0.25, -0.2) is 0 Å². The number of nitrogens with zero attached hydrogens (tertiary/aromatic N) is 1. The first-order chi connectivity index (χ1) is 9.99. The molecule has 5 heteroatoms. The molecule has 0 aromatic heterocycles. The second kappa shape index (κ2) is 7.92. The third kappa shape index (κ3) is 4.66. The topological polar surface area (TPSA) is 32.3 Å². The van der Waals surface area contributed by atoms with Crippen LogP contribution in [-0.4, -0.2) is 36.0 Å². The van der Waals surface area contributed by atoms with Crippen molar-refractivity contribution in [3.63, 3.8) is 0 Å². The Balaban J connectivity index is 2.16. The van der Waals surface area contributed by atoms with Crippen molar-refractivity contribution in [3.05, 3.63) is 31.8 Å². The predicted octanol–water partition coefficient (Wildman–Crippen LogP) is 4.05. The van der Waals surface area contributed by atoms with Crippen molar-refractivity contribution in [2.24, 2.45) is 0 Å². The first kappa shape index (κ1) is 17.2. The molecule has 1 aromatic rings. The van der Waals surface area contributed by atoms with Crippen LogP contribution in [0.25, 0.3) is 0 Å². The highest BCUT2D eigenvalue weighted by molar-refractivity contribution is 14.1. The molecule has 116 valence electrons. The van der Waals surface area contributed by atoms with Gasteiger partial charge in [-0.15, -0.1) is 0 Å². The standard InChI is InChI=1S/C16H22BrIN2O/c1-11(2)20(10-13-5-3-4-8-19-13)16(21)14-9-12(17)6-7-15(14)18/h6-7,9,11,13,19H,3-5,8,10H2,1-2H3. The van der Waals surface area contributed by atoms with Crippen molar-refractivity contribution in [2.45, 2.75) is 45.2 Å². The summed E-state index contributed by atoms with van der Waals surface area (Å²) in [7, 11) is 0. The van der Waals surface area contributed by atoms with Gasteiger partial charge in [0.05, 0.1) is 5.56 Å². The highest BCUT2D eigenvalue weighted by atomic mass is 127. The zero-order chi connectivity index (χ0) is 15.4. The summed E-state index contributed by atoms with van der Waals surface area (Å²) in [5.41, 5.74) is 0.787. The zero-order valence-electron chi connectivity index (χ0n) is 12.5. The molecule has 0 bridgehead atoms. The van der Waals surface area contributed by atoms with Crippen LogP contribution in [0.15, 0.2) is 22.7 Å². The Morgan fingerprint density at radius 1 is 1.48 bits per heavy atom. The number of hydrogen-bond donors (Lipinski definition) is 1. The van der Waals surface area contributed by atoms with Crippen LogP contribution in [0, 0.1) is 3.57 Å². The first-order valence-electron chi connectivity index (χ1n) is 7.48. The molecule has 1 saturated heterocycles. The van der Waals surface area contributed by atoms with E-state index >= 15 is 0 Å². The fraction of sp³-hybridized carbons (Fsp3) is 0.562. The summed E-state index contributed by atoms with van der Waals surface area (Å²) < 4.78 is 1.95. The van der Waals surface area contributed by atoms with Gasteiger partial charge in [-0.3, -0.25) is 4.79 Å². The molecule has 1 heterocycles. The lowest BCUT2D eigenvalue weighted by Crippen LogP contribution is -2.48. The van der Waals surface area contributed by atoms with Gasteiger partial charge < -0.3 is 10.2 Å².